The third kappa shape index (κ3) is 4.11. The molecule has 2 aromatic rings. The molecule has 6 nitrogen and oxygen atoms in total. The minimum atomic E-state index is -0.0499. The molecule has 2 aliphatic heterocycles. The van der Waals surface area contributed by atoms with E-state index >= 15 is 0 Å². The Labute approximate surface area is 165 Å². The largest absolute Gasteiger partial charge is 0.387 e. The second-order valence-corrected chi connectivity index (χ2v) is 7.53. The molecule has 0 saturated carbocycles. The van der Waals surface area contributed by atoms with Crippen molar-refractivity contribution in [1.82, 2.24) is 20.5 Å². The van der Waals surface area contributed by atoms with Crippen LogP contribution in [0.4, 0.5) is 0 Å². The molecule has 2 aliphatic rings. The van der Waals surface area contributed by atoms with E-state index in [4.69, 9.17) is 0 Å². The highest BCUT2D eigenvalue weighted by Gasteiger charge is 2.30. The number of hydrogen-bond acceptors (Lipinski definition) is 3. The van der Waals surface area contributed by atoms with E-state index in [0.717, 1.165) is 55.7 Å². The first-order chi connectivity index (χ1) is 13.7. The van der Waals surface area contributed by atoms with Gasteiger partial charge in [0.15, 0.2) is 0 Å². The summed E-state index contributed by atoms with van der Waals surface area (Å²) >= 11 is 0. The molecule has 2 amide bonds. The van der Waals surface area contributed by atoms with Gasteiger partial charge in [0.05, 0.1) is 0 Å². The molecule has 3 heterocycles. The maximum absolute atomic E-state index is 12.3. The van der Waals surface area contributed by atoms with Crippen molar-refractivity contribution in [2.45, 2.75) is 25.8 Å². The van der Waals surface area contributed by atoms with Crippen molar-refractivity contribution in [2.24, 2.45) is 5.92 Å². The molecule has 0 atom stereocenters. The molecular weight excluding hydrogens is 352 g/mol. The number of amides is 2. The summed E-state index contributed by atoms with van der Waals surface area (Å²) in [4.78, 5) is 29.6. The van der Waals surface area contributed by atoms with Crippen LogP contribution in [0.2, 0.25) is 0 Å². The van der Waals surface area contributed by atoms with Crippen LogP contribution in [-0.2, 0) is 6.54 Å². The number of hydrogen-bond donors (Lipinski definition) is 3. The smallest absolute Gasteiger partial charge is 0.267 e. The van der Waals surface area contributed by atoms with E-state index in [-0.39, 0.29) is 11.8 Å². The molecule has 6 heteroatoms. The summed E-state index contributed by atoms with van der Waals surface area (Å²) in [5.74, 6) is 0.659. The fraction of sp³-hybridized carbons (Fsp3) is 0.364. The van der Waals surface area contributed by atoms with Gasteiger partial charge in [-0.15, -0.1) is 0 Å². The Balaban J connectivity index is 1.11. The average Bonchev–Trinajstić information content (AvgIpc) is 3.13. The van der Waals surface area contributed by atoms with E-state index < -0.39 is 0 Å². The van der Waals surface area contributed by atoms with Crippen molar-refractivity contribution in [3.63, 3.8) is 0 Å². The van der Waals surface area contributed by atoms with Gasteiger partial charge in [-0.25, -0.2) is 0 Å². The number of rotatable bonds is 7. The minimum Gasteiger partial charge on any atom is -0.387 e. The molecule has 1 aromatic carbocycles. The number of unbranched alkanes of at least 4 members (excludes halogenated alkanes) is 1. The molecular formula is C22H26N4O2. The van der Waals surface area contributed by atoms with Crippen LogP contribution in [0.3, 0.4) is 0 Å². The lowest BCUT2D eigenvalue weighted by atomic mass is 9.93. The minimum absolute atomic E-state index is 0.0499. The summed E-state index contributed by atoms with van der Waals surface area (Å²) < 4.78 is 0. The normalized spacial score (nSPS) is 15.5. The maximum Gasteiger partial charge on any atom is 0.267 e. The Hall–Kier alpha value is -3.02. The standard InChI is InChI=1S/C22H26N4O2/c27-21(20-12-18-13-23-11-9-19(18)25-20)24-10-5-4-6-16-14-26(15-16)22(28)17-7-2-1-3-8-17/h1-3,7-9,11-12,16,23,25H,4-6,10,13-15H2,(H,24,27). The van der Waals surface area contributed by atoms with Crippen LogP contribution >= 0.6 is 0 Å². The van der Waals surface area contributed by atoms with E-state index in [2.05, 4.69) is 15.6 Å². The first-order valence-electron chi connectivity index (χ1n) is 9.95. The van der Waals surface area contributed by atoms with Crippen molar-refractivity contribution < 1.29 is 9.59 Å². The lowest BCUT2D eigenvalue weighted by Crippen LogP contribution is -2.49. The average molecular weight is 378 g/mol. The van der Waals surface area contributed by atoms with Crippen LogP contribution in [0, 0.1) is 5.92 Å². The third-order valence-electron chi connectivity index (χ3n) is 5.43. The molecule has 28 heavy (non-hydrogen) atoms. The molecule has 4 rings (SSSR count). The van der Waals surface area contributed by atoms with Crippen molar-refractivity contribution >= 4 is 17.9 Å². The molecule has 3 N–H and O–H groups in total. The number of aromatic nitrogens is 1. The molecule has 0 unspecified atom stereocenters. The molecule has 1 saturated heterocycles. The van der Waals surface area contributed by atoms with E-state index in [0.29, 0.717) is 18.2 Å². The Morgan fingerprint density at radius 2 is 1.96 bits per heavy atom. The van der Waals surface area contributed by atoms with E-state index in [1.54, 1.807) is 0 Å². The summed E-state index contributed by atoms with van der Waals surface area (Å²) in [6.07, 6.45) is 6.94. The molecule has 1 aromatic heterocycles. The SMILES string of the molecule is O=C(NCCCCC1CN(C(=O)c2ccccc2)C1)c1cc2c([nH]1)C=CNC2. The topological polar surface area (TPSA) is 77.2 Å². The first-order valence-corrected chi connectivity index (χ1v) is 9.95. The number of likely N-dealkylation sites (tertiary alicyclic amines) is 1. The zero-order chi connectivity index (χ0) is 19.3. The highest BCUT2D eigenvalue weighted by Crippen LogP contribution is 2.23. The van der Waals surface area contributed by atoms with Crippen LogP contribution in [0.25, 0.3) is 6.08 Å². The predicted octanol–water partition coefficient (Wildman–Crippen LogP) is 2.76. The number of aromatic amines is 1. The fourth-order valence-electron chi connectivity index (χ4n) is 3.78. The van der Waals surface area contributed by atoms with Crippen molar-refractivity contribution in [2.75, 3.05) is 19.6 Å². The number of carbonyl (C=O) groups excluding carboxylic acids is 2. The zero-order valence-electron chi connectivity index (χ0n) is 15.9. The quantitative estimate of drug-likeness (QED) is 0.649. The van der Waals surface area contributed by atoms with Gasteiger partial charge in [0.25, 0.3) is 11.8 Å². The van der Waals surface area contributed by atoms with Gasteiger partial charge in [-0.1, -0.05) is 24.6 Å². The van der Waals surface area contributed by atoms with Gasteiger partial charge < -0.3 is 20.5 Å². The molecule has 146 valence electrons. The Bertz CT molecular complexity index is 866. The predicted molar refractivity (Wildman–Crippen MR) is 109 cm³/mol. The van der Waals surface area contributed by atoms with Gasteiger partial charge in [-0.05, 0) is 54.8 Å². The molecule has 1 fully saturated rings. The van der Waals surface area contributed by atoms with Crippen LogP contribution in [-0.4, -0.2) is 41.3 Å². The Morgan fingerprint density at radius 3 is 2.75 bits per heavy atom. The summed E-state index contributed by atoms with van der Waals surface area (Å²) in [7, 11) is 0. The van der Waals surface area contributed by atoms with Gasteiger partial charge in [0.2, 0.25) is 0 Å². The van der Waals surface area contributed by atoms with Crippen molar-refractivity contribution in [3.05, 3.63) is 65.1 Å². The second-order valence-electron chi connectivity index (χ2n) is 7.53. The molecule has 0 spiro atoms. The number of benzene rings is 1. The van der Waals surface area contributed by atoms with Crippen molar-refractivity contribution in [3.8, 4) is 0 Å². The van der Waals surface area contributed by atoms with Crippen LogP contribution in [0.1, 0.15) is 51.4 Å². The third-order valence-corrected chi connectivity index (χ3v) is 5.43. The van der Waals surface area contributed by atoms with Crippen LogP contribution in [0.15, 0.2) is 42.6 Å². The Morgan fingerprint density at radius 1 is 1.14 bits per heavy atom. The van der Waals surface area contributed by atoms with Gasteiger partial charge in [0.1, 0.15) is 5.69 Å². The van der Waals surface area contributed by atoms with E-state index in [1.165, 1.54) is 0 Å². The van der Waals surface area contributed by atoms with Gasteiger partial charge in [-0.2, -0.15) is 0 Å². The summed E-state index contributed by atoms with van der Waals surface area (Å²) in [6.45, 7) is 3.11. The lowest BCUT2D eigenvalue weighted by Gasteiger charge is -2.39. The van der Waals surface area contributed by atoms with Gasteiger partial charge in [-0.3, -0.25) is 9.59 Å². The maximum atomic E-state index is 12.3. The lowest BCUT2D eigenvalue weighted by molar-refractivity contribution is 0.0480. The van der Waals surface area contributed by atoms with Crippen LogP contribution < -0.4 is 10.6 Å². The number of fused-ring (bicyclic) bond motifs is 1. The number of nitrogens with zero attached hydrogens (tertiary/aromatic N) is 1. The number of carbonyl (C=O) groups is 2. The van der Waals surface area contributed by atoms with Crippen LogP contribution in [0.5, 0.6) is 0 Å². The Kier molecular flexibility index (Phi) is 5.46. The highest BCUT2D eigenvalue weighted by molar-refractivity contribution is 5.94. The summed E-state index contributed by atoms with van der Waals surface area (Å²) in [5.41, 5.74) is 3.50. The molecule has 0 radical (unpaired) electrons. The van der Waals surface area contributed by atoms with Gasteiger partial charge >= 0.3 is 0 Å². The zero-order valence-corrected chi connectivity index (χ0v) is 15.9. The van der Waals surface area contributed by atoms with Gasteiger partial charge in [0, 0.05) is 37.4 Å². The summed E-state index contributed by atoms with van der Waals surface area (Å²) in [5, 5.41) is 6.12. The molecule has 0 aliphatic carbocycles. The summed E-state index contributed by atoms with van der Waals surface area (Å²) in [6, 6.07) is 11.4. The second kappa shape index (κ2) is 8.33. The van der Waals surface area contributed by atoms with E-state index in [9.17, 15) is 9.59 Å². The molecule has 0 bridgehead atoms. The first kappa shape index (κ1) is 18.3. The fourth-order valence-corrected chi connectivity index (χ4v) is 3.78. The number of nitrogens with one attached hydrogen (secondary N) is 3. The monoisotopic (exact) mass is 378 g/mol. The van der Waals surface area contributed by atoms with E-state index in [1.807, 2.05) is 53.6 Å². The van der Waals surface area contributed by atoms with Crippen molar-refractivity contribution in [1.29, 1.82) is 0 Å². The number of H-pyrrole nitrogens is 1. The highest BCUT2D eigenvalue weighted by atomic mass is 16.2.